The molecular weight excluding hydrogens is 244 g/mol. The van der Waals surface area contributed by atoms with Gasteiger partial charge in [-0.05, 0) is 50.5 Å². The molecule has 1 aromatic rings. The van der Waals surface area contributed by atoms with Crippen molar-refractivity contribution in [2.45, 2.75) is 32.2 Å². The Morgan fingerprint density at radius 1 is 1.33 bits per heavy atom. The van der Waals surface area contributed by atoms with E-state index < -0.39 is 0 Å². The molecule has 0 aromatic heterocycles. The van der Waals surface area contributed by atoms with Gasteiger partial charge in [-0.1, -0.05) is 18.2 Å². The van der Waals surface area contributed by atoms with Gasteiger partial charge in [0.25, 0.3) is 5.91 Å². The first kappa shape index (κ1) is 13.0. The van der Waals surface area contributed by atoms with E-state index in [4.69, 9.17) is 12.2 Å². The Labute approximate surface area is 113 Å². The second kappa shape index (κ2) is 5.96. The molecule has 1 N–H and O–H groups in total. The molecule has 1 heterocycles. The summed E-state index contributed by atoms with van der Waals surface area (Å²) in [4.78, 5) is 14.1. The quantitative estimate of drug-likeness (QED) is 0.790. The normalized spacial score (nSPS) is 19.4. The zero-order valence-corrected chi connectivity index (χ0v) is 11.4. The lowest BCUT2D eigenvalue weighted by Gasteiger charge is -2.35. The van der Waals surface area contributed by atoms with Crippen LogP contribution in [0.1, 0.15) is 36.5 Å². The number of hydrogen-bond donors (Lipinski definition) is 1. The van der Waals surface area contributed by atoms with Crippen molar-refractivity contribution in [2.75, 3.05) is 6.54 Å². The number of carbonyl (C=O) groups excluding carboxylic acids is 1. The third-order valence-electron chi connectivity index (χ3n) is 3.32. The summed E-state index contributed by atoms with van der Waals surface area (Å²) in [6.07, 6.45) is 3.53. The van der Waals surface area contributed by atoms with Crippen LogP contribution in [0.25, 0.3) is 0 Å². The molecule has 1 saturated heterocycles. The van der Waals surface area contributed by atoms with Gasteiger partial charge < -0.3 is 4.90 Å². The largest absolute Gasteiger partial charge is 0.346 e. The predicted octanol–water partition coefficient (Wildman–Crippen LogP) is 2.58. The molecule has 0 unspecified atom stereocenters. The number of hydrogen-bond acceptors (Lipinski definition) is 2. The van der Waals surface area contributed by atoms with Gasteiger partial charge in [-0.3, -0.25) is 10.1 Å². The average Bonchev–Trinajstić information content (AvgIpc) is 2.40. The Hall–Kier alpha value is -1.42. The molecule has 96 valence electrons. The molecule has 0 radical (unpaired) electrons. The van der Waals surface area contributed by atoms with Crippen LogP contribution in [0.2, 0.25) is 0 Å². The van der Waals surface area contributed by atoms with E-state index in [0.29, 0.717) is 16.7 Å². The Bertz CT molecular complexity index is 433. The minimum atomic E-state index is -0.127. The van der Waals surface area contributed by atoms with Gasteiger partial charge in [0.05, 0.1) is 0 Å². The number of piperidine rings is 1. The van der Waals surface area contributed by atoms with Crippen LogP contribution < -0.4 is 5.32 Å². The molecule has 0 bridgehead atoms. The Morgan fingerprint density at radius 3 is 2.72 bits per heavy atom. The van der Waals surface area contributed by atoms with Crippen LogP contribution in [-0.4, -0.2) is 28.5 Å². The summed E-state index contributed by atoms with van der Waals surface area (Å²) < 4.78 is 0. The number of nitrogens with zero attached hydrogens (tertiary/aromatic N) is 1. The standard InChI is InChI=1S/C14H18N2OS/c1-11-7-5-6-10-16(11)14(18)15-13(17)12-8-3-2-4-9-12/h2-4,8-9,11H,5-7,10H2,1H3,(H,15,17,18)/t11-/m0/s1. The number of carbonyl (C=O) groups is 1. The summed E-state index contributed by atoms with van der Waals surface area (Å²) in [5, 5.41) is 3.37. The van der Waals surface area contributed by atoms with E-state index in [2.05, 4.69) is 17.1 Å². The molecule has 0 saturated carbocycles. The van der Waals surface area contributed by atoms with Crippen LogP contribution in [0.4, 0.5) is 0 Å². The van der Waals surface area contributed by atoms with Gasteiger partial charge in [0.1, 0.15) is 0 Å². The highest BCUT2D eigenvalue weighted by atomic mass is 32.1. The van der Waals surface area contributed by atoms with Gasteiger partial charge >= 0.3 is 0 Å². The highest BCUT2D eigenvalue weighted by Gasteiger charge is 2.21. The fourth-order valence-corrected chi connectivity index (χ4v) is 2.59. The maximum Gasteiger partial charge on any atom is 0.257 e. The third kappa shape index (κ3) is 3.07. The average molecular weight is 262 g/mol. The number of thiocarbonyl (C=S) groups is 1. The van der Waals surface area contributed by atoms with Crippen LogP contribution in [-0.2, 0) is 0 Å². The first-order valence-corrected chi connectivity index (χ1v) is 6.76. The number of likely N-dealkylation sites (tertiary alicyclic amines) is 1. The zero-order valence-electron chi connectivity index (χ0n) is 10.6. The van der Waals surface area contributed by atoms with Crippen molar-refractivity contribution >= 4 is 23.2 Å². The summed E-state index contributed by atoms with van der Waals surface area (Å²) in [5.74, 6) is -0.127. The first-order chi connectivity index (χ1) is 8.68. The summed E-state index contributed by atoms with van der Waals surface area (Å²) in [5.41, 5.74) is 0.643. The van der Waals surface area contributed by atoms with Gasteiger partial charge in [-0.15, -0.1) is 0 Å². The molecule has 0 aliphatic carbocycles. The smallest absolute Gasteiger partial charge is 0.257 e. The van der Waals surface area contributed by atoms with Gasteiger partial charge in [0.2, 0.25) is 0 Å². The molecule has 1 aliphatic heterocycles. The van der Waals surface area contributed by atoms with E-state index in [1.54, 1.807) is 12.1 Å². The highest BCUT2D eigenvalue weighted by molar-refractivity contribution is 7.80. The number of nitrogens with one attached hydrogen (secondary N) is 1. The van der Waals surface area contributed by atoms with Crippen molar-refractivity contribution in [3.8, 4) is 0 Å². The van der Waals surface area contributed by atoms with Crippen LogP contribution in [0, 0.1) is 0 Å². The van der Waals surface area contributed by atoms with Gasteiger partial charge in [-0.25, -0.2) is 0 Å². The molecule has 1 amide bonds. The maximum atomic E-state index is 12.0. The van der Waals surface area contributed by atoms with E-state index in [1.165, 1.54) is 6.42 Å². The molecule has 3 nitrogen and oxygen atoms in total. The number of amides is 1. The fourth-order valence-electron chi connectivity index (χ4n) is 2.23. The predicted molar refractivity (Wildman–Crippen MR) is 76.5 cm³/mol. The number of benzene rings is 1. The van der Waals surface area contributed by atoms with Crippen molar-refractivity contribution in [3.63, 3.8) is 0 Å². The lowest BCUT2D eigenvalue weighted by Crippen LogP contribution is -2.48. The van der Waals surface area contributed by atoms with Crippen LogP contribution in [0.3, 0.4) is 0 Å². The lowest BCUT2D eigenvalue weighted by atomic mass is 10.0. The Kier molecular flexibility index (Phi) is 4.31. The highest BCUT2D eigenvalue weighted by Crippen LogP contribution is 2.16. The second-order valence-corrected chi connectivity index (χ2v) is 5.05. The third-order valence-corrected chi connectivity index (χ3v) is 3.66. The van der Waals surface area contributed by atoms with E-state index in [-0.39, 0.29) is 5.91 Å². The van der Waals surface area contributed by atoms with Crippen molar-refractivity contribution in [1.29, 1.82) is 0 Å². The Morgan fingerprint density at radius 2 is 2.06 bits per heavy atom. The van der Waals surface area contributed by atoms with E-state index in [9.17, 15) is 4.79 Å². The second-order valence-electron chi connectivity index (χ2n) is 4.66. The summed E-state index contributed by atoms with van der Waals surface area (Å²) >= 11 is 5.32. The summed E-state index contributed by atoms with van der Waals surface area (Å²) in [7, 11) is 0. The lowest BCUT2D eigenvalue weighted by molar-refractivity contribution is 0.0970. The first-order valence-electron chi connectivity index (χ1n) is 6.35. The monoisotopic (exact) mass is 262 g/mol. The zero-order chi connectivity index (χ0) is 13.0. The minimum absolute atomic E-state index is 0.127. The molecular formula is C14H18N2OS. The van der Waals surface area contributed by atoms with E-state index >= 15 is 0 Å². The van der Waals surface area contributed by atoms with Crippen LogP contribution >= 0.6 is 12.2 Å². The van der Waals surface area contributed by atoms with Crippen molar-refractivity contribution in [3.05, 3.63) is 35.9 Å². The van der Waals surface area contributed by atoms with Gasteiger partial charge in [0.15, 0.2) is 5.11 Å². The van der Waals surface area contributed by atoms with Crippen molar-refractivity contribution in [1.82, 2.24) is 10.2 Å². The number of rotatable bonds is 1. The molecule has 0 spiro atoms. The van der Waals surface area contributed by atoms with E-state index in [1.807, 2.05) is 18.2 Å². The molecule has 1 atom stereocenters. The molecule has 1 aliphatic rings. The molecule has 4 heteroatoms. The van der Waals surface area contributed by atoms with Crippen molar-refractivity contribution < 1.29 is 4.79 Å². The molecule has 1 fully saturated rings. The van der Waals surface area contributed by atoms with Crippen LogP contribution in [0.5, 0.6) is 0 Å². The van der Waals surface area contributed by atoms with Gasteiger partial charge in [-0.2, -0.15) is 0 Å². The fraction of sp³-hybridized carbons (Fsp3) is 0.429. The SMILES string of the molecule is C[C@H]1CCCCN1C(=S)NC(=O)c1ccccc1. The minimum Gasteiger partial charge on any atom is -0.346 e. The molecule has 18 heavy (non-hydrogen) atoms. The topological polar surface area (TPSA) is 32.3 Å². The van der Waals surface area contributed by atoms with Crippen LogP contribution in [0.15, 0.2) is 30.3 Å². The summed E-state index contributed by atoms with van der Waals surface area (Å²) in [6.45, 7) is 3.09. The van der Waals surface area contributed by atoms with Crippen molar-refractivity contribution in [2.24, 2.45) is 0 Å². The Balaban J connectivity index is 1.97. The van der Waals surface area contributed by atoms with Gasteiger partial charge in [0, 0.05) is 18.2 Å². The van der Waals surface area contributed by atoms with E-state index in [0.717, 1.165) is 19.4 Å². The molecule has 1 aromatic carbocycles. The molecule has 2 rings (SSSR count). The summed E-state index contributed by atoms with van der Waals surface area (Å²) in [6, 6.07) is 9.59. The maximum absolute atomic E-state index is 12.0.